The molecule has 3 heterocycles. The van der Waals surface area contributed by atoms with Crippen LogP contribution in [0.1, 0.15) is 29.2 Å². The zero-order valence-corrected chi connectivity index (χ0v) is 10.3. The van der Waals surface area contributed by atoms with E-state index in [1.807, 2.05) is 0 Å². The molecule has 2 N–H and O–H groups in total. The average Bonchev–Trinajstić information content (AvgIpc) is 2.89. The molecule has 0 bridgehead atoms. The first-order valence-corrected chi connectivity index (χ1v) is 6.77. The normalized spacial score (nSPS) is 27.5. The molecule has 1 saturated heterocycles. The maximum Gasteiger partial charge on any atom is 0.320 e. The lowest BCUT2D eigenvalue weighted by atomic mass is 9.91. The summed E-state index contributed by atoms with van der Waals surface area (Å²) in [7, 11) is 0. The van der Waals surface area contributed by atoms with Gasteiger partial charge in [-0.1, -0.05) is 0 Å². The van der Waals surface area contributed by atoms with Crippen molar-refractivity contribution in [2.45, 2.75) is 31.2 Å². The van der Waals surface area contributed by atoms with E-state index >= 15 is 0 Å². The van der Waals surface area contributed by atoms with Crippen molar-refractivity contribution in [1.82, 2.24) is 5.32 Å². The molecule has 0 aromatic carbocycles. The number of carboxylic acid groups (broad SMARTS) is 1. The van der Waals surface area contributed by atoms with Crippen LogP contribution in [0.5, 0.6) is 5.06 Å². The van der Waals surface area contributed by atoms with E-state index in [0.717, 1.165) is 31.1 Å². The summed E-state index contributed by atoms with van der Waals surface area (Å²) in [6.45, 7) is 1.58. The Morgan fingerprint density at radius 1 is 1.59 bits per heavy atom. The highest BCUT2D eigenvalue weighted by Crippen LogP contribution is 2.41. The first-order chi connectivity index (χ1) is 8.24. The quantitative estimate of drug-likeness (QED) is 0.840. The predicted molar refractivity (Wildman–Crippen MR) is 64.9 cm³/mol. The standard InChI is InChI=1S/C12H15NO3S/c14-11(15)9-5-7(1-3-13-9)10-6-8-2-4-16-12(8)17-10/h6-7,9,13H,1-5H2,(H,14,15). The third-order valence-corrected chi connectivity index (χ3v) is 4.75. The van der Waals surface area contributed by atoms with Crippen LogP contribution in [0.25, 0.3) is 0 Å². The van der Waals surface area contributed by atoms with Gasteiger partial charge < -0.3 is 15.2 Å². The van der Waals surface area contributed by atoms with Crippen molar-refractivity contribution in [1.29, 1.82) is 0 Å². The molecular formula is C12H15NO3S. The number of carboxylic acids is 1. The molecule has 5 heteroatoms. The number of aliphatic carboxylic acids is 1. The van der Waals surface area contributed by atoms with Crippen LogP contribution in [-0.2, 0) is 11.2 Å². The van der Waals surface area contributed by atoms with E-state index in [2.05, 4.69) is 11.4 Å². The molecule has 2 aliphatic rings. The Morgan fingerprint density at radius 2 is 2.47 bits per heavy atom. The summed E-state index contributed by atoms with van der Waals surface area (Å²) in [5.41, 5.74) is 1.30. The minimum atomic E-state index is -0.741. The van der Waals surface area contributed by atoms with Gasteiger partial charge in [-0.2, -0.15) is 0 Å². The Hall–Kier alpha value is -1.07. The van der Waals surface area contributed by atoms with Crippen LogP contribution in [0, 0.1) is 0 Å². The van der Waals surface area contributed by atoms with E-state index in [4.69, 9.17) is 9.84 Å². The van der Waals surface area contributed by atoms with Crippen LogP contribution in [0.15, 0.2) is 6.07 Å². The van der Waals surface area contributed by atoms with Gasteiger partial charge in [0.05, 0.1) is 6.61 Å². The maximum absolute atomic E-state index is 11.0. The fourth-order valence-corrected chi connectivity index (χ4v) is 3.78. The fourth-order valence-electron chi connectivity index (χ4n) is 2.55. The van der Waals surface area contributed by atoms with Gasteiger partial charge in [0.1, 0.15) is 6.04 Å². The molecule has 0 saturated carbocycles. The monoisotopic (exact) mass is 253 g/mol. The van der Waals surface area contributed by atoms with Crippen molar-refractivity contribution in [3.05, 3.63) is 16.5 Å². The zero-order valence-electron chi connectivity index (χ0n) is 9.44. The summed E-state index contributed by atoms with van der Waals surface area (Å²) in [4.78, 5) is 12.3. The van der Waals surface area contributed by atoms with E-state index in [0.29, 0.717) is 12.3 Å². The molecule has 2 unspecified atom stereocenters. The Balaban J connectivity index is 1.76. The van der Waals surface area contributed by atoms with E-state index in [-0.39, 0.29) is 0 Å². The highest BCUT2D eigenvalue weighted by molar-refractivity contribution is 7.14. The predicted octanol–water partition coefficient (Wildman–Crippen LogP) is 1.60. The molecule has 0 amide bonds. The lowest BCUT2D eigenvalue weighted by Gasteiger charge is -2.27. The number of piperidine rings is 1. The number of thiophene rings is 1. The van der Waals surface area contributed by atoms with Gasteiger partial charge in [0.15, 0.2) is 5.06 Å². The molecule has 17 heavy (non-hydrogen) atoms. The zero-order chi connectivity index (χ0) is 11.8. The summed E-state index contributed by atoms with van der Waals surface area (Å²) in [6, 6.07) is 1.81. The van der Waals surface area contributed by atoms with Gasteiger partial charge in [-0.25, -0.2) is 0 Å². The lowest BCUT2D eigenvalue weighted by molar-refractivity contribution is -0.140. The van der Waals surface area contributed by atoms with Crippen molar-refractivity contribution in [2.75, 3.05) is 13.2 Å². The molecule has 1 aromatic rings. The van der Waals surface area contributed by atoms with E-state index in [1.54, 1.807) is 11.3 Å². The Morgan fingerprint density at radius 3 is 3.24 bits per heavy atom. The molecule has 3 rings (SSSR count). The topological polar surface area (TPSA) is 58.6 Å². The van der Waals surface area contributed by atoms with E-state index in [1.165, 1.54) is 10.4 Å². The van der Waals surface area contributed by atoms with Crippen molar-refractivity contribution in [3.63, 3.8) is 0 Å². The van der Waals surface area contributed by atoms with Crippen molar-refractivity contribution in [3.8, 4) is 5.06 Å². The number of ether oxygens (including phenoxy) is 1. The molecule has 92 valence electrons. The molecule has 2 aliphatic heterocycles. The molecule has 1 fully saturated rings. The van der Waals surface area contributed by atoms with Gasteiger partial charge in [0.25, 0.3) is 0 Å². The minimum Gasteiger partial charge on any atom is -0.483 e. The van der Waals surface area contributed by atoms with Gasteiger partial charge in [0.2, 0.25) is 0 Å². The second-order valence-corrected chi connectivity index (χ2v) is 5.67. The van der Waals surface area contributed by atoms with Crippen LogP contribution in [-0.4, -0.2) is 30.3 Å². The van der Waals surface area contributed by atoms with Crippen LogP contribution in [0.4, 0.5) is 0 Å². The first-order valence-electron chi connectivity index (χ1n) is 5.95. The highest BCUT2D eigenvalue weighted by atomic mass is 32.1. The largest absolute Gasteiger partial charge is 0.483 e. The molecule has 0 radical (unpaired) electrons. The van der Waals surface area contributed by atoms with Crippen LogP contribution in [0.3, 0.4) is 0 Å². The molecule has 0 spiro atoms. The summed E-state index contributed by atoms with van der Waals surface area (Å²) in [5, 5.41) is 13.1. The number of rotatable bonds is 2. The first kappa shape index (κ1) is 11.0. The van der Waals surface area contributed by atoms with Gasteiger partial charge in [-0.05, 0) is 31.4 Å². The minimum absolute atomic E-state index is 0.372. The fraction of sp³-hybridized carbons (Fsp3) is 0.583. The molecule has 4 nitrogen and oxygen atoms in total. The van der Waals surface area contributed by atoms with Crippen molar-refractivity contribution >= 4 is 17.3 Å². The van der Waals surface area contributed by atoms with Crippen LogP contribution >= 0.6 is 11.3 Å². The lowest BCUT2D eigenvalue weighted by Crippen LogP contribution is -2.42. The smallest absolute Gasteiger partial charge is 0.320 e. The van der Waals surface area contributed by atoms with E-state index in [9.17, 15) is 4.79 Å². The highest BCUT2D eigenvalue weighted by Gasteiger charge is 2.29. The molecule has 2 atom stereocenters. The number of fused-ring (bicyclic) bond motifs is 1. The van der Waals surface area contributed by atoms with Gasteiger partial charge in [-0.3, -0.25) is 4.79 Å². The Kier molecular flexibility index (Phi) is 2.80. The number of carbonyl (C=O) groups is 1. The third kappa shape index (κ3) is 2.05. The average molecular weight is 253 g/mol. The summed E-state index contributed by atoms with van der Waals surface area (Å²) >= 11 is 1.70. The number of hydrogen-bond acceptors (Lipinski definition) is 4. The maximum atomic E-state index is 11.0. The summed E-state index contributed by atoms with van der Waals surface area (Å²) < 4.78 is 5.53. The van der Waals surface area contributed by atoms with Crippen LogP contribution in [0.2, 0.25) is 0 Å². The molecular weight excluding hydrogens is 238 g/mol. The Bertz CT molecular complexity index is 421. The molecule has 1 aromatic heterocycles. The third-order valence-electron chi connectivity index (χ3n) is 3.50. The Labute approximate surface area is 104 Å². The summed E-state index contributed by atoms with van der Waals surface area (Å²) in [6.07, 6.45) is 2.71. The van der Waals surface area contributed by atoms with Crippen LogP contribution < -0.4 is 10.1 Å². The van der Waals surface area contributed by atoms with Crippen molar-refractivity contribution in [2.24, 2.45) is 0 Å². The van der Waals surface area contributed by atoms with Gasteiger partial charge in [-0.15, -0.1) is 11.3 Å². The summed E-state index contributed by atoms with van der Waals surface area (Å²) in [5.74, 6) is -0.369. The molecule has 0 aliphatic carbocycles. The van der Waals surface area contributed by atoms with Crippen molar-refractivity contribution < 1.29 is 14.6 Å². The van der Waals surface area contributed by atoms with Gasteiger partial charge >= 0.3 is 5.97 Å². The number of nitrogens with one attached hydrogen (secondary N) is 1. The number of hydrogen-bond donors (Lipinski definition) is 2. The van der Waals surface area contributed by atoms with Gasteiger partial charge in [0, 0.05) is 16.9 Å². The SMILES string of the molecule is O=C(O)C1CC(c2cc3c(s2)OCC3)CCN1. The van der Waals surface area contributed by atoms with E-state index < -0.39 is 12.0 Å². The second-order valence-electron chi connectivity index (χ2n) is 4.63. The second kappa shape index (κ2) is 4.31.